The summed E-state index contributed by atoms with van der Waals surface area (Å²) in [6.07, 6.45) is 1.64. The van der Waals surface area contributed by atoms with E-state index in [0.29, 0.717) is 12.2 Å². The van der Waals surface area contributed by atoms with E-state index in [1.807, 2.05) is 19.2 Å². The molecule has 0 aromatic carbocycles. The fraction of sp³-hybridized carbons (Fsp3) is 0.455. The van der Waals surface area contributed by atoms with Gasteiger partial charge in [0.05, 0.1) is 0 Å². The maximum Gasteiger partial charge on any atom is 0.142 e. The van der Waals surface area contributed by atoms with Crippen LogP contribution in [-0.2, 0) is 0 Å². The summed E-state index contributed by atoms with van der Waals surface area (Å²) in [6, 6.07) is 5.66. The molecule has 4 heteroatoms. The Labute approximate surface area is 90.3 Å². The van der Waals surface area contributed by atoms with Crippen LogP contribution in [0.4, 0.5) is 5.69 Å². The molecule has 4 nitrogen and oxygen atoms in total. The average Bonchev–Trinajstić information content (AvgIpc) is 2.28. The molecule has 0 radical (unpaired) electrons. The van der Waals surface area contributed by atoms with Gasteiger partial charge in [-0.05, 0) is 26.0 Å². The van der Waals surface area contributed by atoms with Crippen LogP contribution in [0.3, 0.4) is 0 Å². The Kier molecular flexibility index (Phi) is 3.28. The molecular formula is C11H16N4. The molecule has 2 N–H and O–H groups in total. The Morgan fingerprint density at radius 3 is 2.80 bits per heavy atom. The van der Waals surface area contributed by atoms with E-state index < -0.39 is 0 Å². The van der Waals surface area contributed by atoms with E-state index in [2.05, 4.69) is 23.7 Å². The topological polar surface area (TPSA) is 65.9 Å². The number of pyridine rings is 1. The molecule has 0 unspecified atom stereocenters. The van der Waals surface area contributed by atoms with Gasteiger partial charge in [-0.25, -0.2) is 4.98 Å². The molecule has 0 amide bonds. The van der Waals surface area contributed by atoms with Crippen LogP contribution in [0.15, 0.2) is 18.3 Å². The van der Waals surface area contributed by atoms with Gasteiger partial charge in [-0.3, -0.25) is 0 Å². The summed E-state index contributed by atoms with van der Waals surface area (Å²) in [5.74, 6) is 0. The van der Waals surface area contributed by atoms with Crippen LogP contribution in [-0.4, -0.2) is 24.1 Å². The lowest BCUT2D eigenvalue weighted by Gasteiger charge is -2.36. The fourth-order valence-corrected chi connectivity index (χ4v) is 1.18. The maximum absolute atomic E-state index is 8.75. The van der Waals surface area contributed by atoms with Gasteiger partial charge in [-0.1, -0.05) is 0 Å². The highest BCUT2D eigenvalue weighted by atomic mass is 15.2. The van der Waals surface area contributed by atoms with E-state index in [1.54, 1.807) is 12.3 Å². The third-order valence-corrected chi connectivity index (χ3v) is 2.65. The van der Waals surface area contributed by atoms with E-state index in [-0.39, 0.29) is 5.54 Å². The van der Waals surface area contributed by atoms with Crippen LogP contribution in [0.1, 0.15) is 19.5 Å². The normalized spacial score (nSPS) is 10.9. The minimum Gasteiger partial charge on any atom is -0.368 e. The van der Waals surface area contributed by atoms with Gasteiger partial charge in [0.1, 0.15) is 11.8 Å². The molecule has 0 fully saturated rings. The van der Waals surface area contributed by atoms with Crippen molar-refractivity contribution in [1.29, 1.82) is 5.26 Å². The molecule has 0 spiro atoms. The fourth-order valence-electron chi connectivity index (χ4n) is 1.18. The second-order valence-electron chi connectivity index (χ2n) is 4.09. The molecule has 0 aliphatic carbocycles. The molecule has 0 saturated heterocycles. The number of aromatic nitrogens is 1. The van der Waals surface area contributed by atoms with Crippen molar-refractivity contribution in [2.45, 2.75) is 19.4 Å². The van der Waals surface area contributed by atoms with E-state index in [0.717, 1.165) is 5.69 Å². The highest BCUT2D eigenvalue weighted by molar-refractivity contribution is 5.50. The zero-order chi connectivity index (χ0) is 11.5. The smallest absolute Gasteiger partial charge is 0.142 e. The summed E-state index contributed by atoms with van der Waals surface area (Å²) in [5.41, 5.74) is 6.94. The van der Waals surface area contributed by atoms with Gasteiger partial charge in [0.15, 0.2) is 0 Å². The van der Waals surface area contributed by atoms with E-state index in [4.69, 9.17) is 11.0 Å². The molecule has 0 atom stereocenters. The number of anilines is 1. The SMILES string of the molecule is CN(c1ccnc(C#N)c1)C(C)(C)CN. The number of nitrogens with zero attached hydrogens (tertiary/aromatic N) is 3. The summed E-state index contributed by atoms with van der Waals surface area (Å²) in [5, 5.41) is 8.75. The van der Waals surface area contributed by atoms with E-state index in [1.165, 1.54) is 0 Å². The summed E-state index contributed by atoms with van der Waals surface area (Å²) < 4.78 is 0. The zero-order valence-corrected chi connectivity index (χ0v) is 9.36. The maximum atomic E-state index is 8.75. The first-order valence-electron chi connectivity index (χ1n) is 4.81. The quantitative estimate of drug-likeness (QED) is 0.801. The third-order valence-electron chi connectivity index (χ3n) is 2.65. The Morgan fingerprint density at radius 1 is 1.60 bits per heavy atom. The molecule has 0 saturated carbocycles. The summed E-state index contributed by atoms with van der Waals surface area (Å²) >= 11 is 0. The second kappa shape index (κ2) is 4.28. The Hall–Kier alpha value is -1.60. The molecule has 1 rings (SSSR count). The molecular weight excluding hydrogens is 188 g/mol. The molecule has 0 bridgehead atoms. The minimum absolute atomic E-state index is 0.131. The van der Waals surface area contributed by atoms with Crippen LogP contribution in [0.25, 0.3) is 0 Å². The van der Waals surface area contributed by atoms with Crippen molar-refractivity contribution in [1.82, 2.24) is 4.98 Å². The van der Waals surface area contributed by atoms with Crippen LogP contribution < -0.4 is 10.6 Å². The molecule has 1 heterocycles. The highest BCUT2D eigenvalue weighted by Crippen LogP contribution is 2.21. The van der Waals surface area contributed by atoms with Crippen LogP contribution in [0.2, 0.25) is 0 Å². The van der Waals surface area contributed by atoms with Crippen molar-refractivity contribution in [3.63, 3.8) is 0 Å². The van der Waals surface area contributed by atoms with E-state index in [9.17, 15) is 0 Å². The number of rotatable bonds is 3. The highest BCUT2D eigenvalue weighted by Gasteiger charge is 2.21. The predicted molar refractivity (Wildman–Crippen MR) is 60.5 cm³/mol. The van der Waals surface area contributed by atoms with Gasteiger partial charge < -0.3 is 10.6 Å². The zero-order valence-electron chi connectivity index (χ0n) is 9.36. The van der Waals surface area contributed by atoms with Gasteiger partial charge in [0.25, 0.3) is 0 Å². The van der Waals surface area contributed by atoms with Crippen LogP contribution in [0.5, 0.6) is 0 Å². The van der Waals surface area contributed by atoms with Gasteiger partial charge >= 0.3 is 0 Å². The van der Waals surface area contributed by atoms with Crippen molar-refractivity contribution in [2.24, 2.45) is 5.73 Å². The van der Waals surface area contributed by atoms with Crippen molar-refractivity contribution < 1.29 is 0 Å². The summed E-state index contributed by atoms with van der Waals surface area (Å²) in [6.45, 7) is 4.66. The van der Waals surface area contributed by atoms with Crippen molar-refractivity contribution in [3.05, 3.63) is 24.0 Å². The van der Waals surface area contributed by atoms with Gasteiger partial charge in [0, 0.05) is 31.0 Å². The lowest BCUT2D eigenvalue weighted by molar-refractivity contribution is 0.498. The van der Waals surface area contributed by atoms with Gasteiger partial charge in [-0.15, -0.1) is 0 Å². The number of hydrogen-bond acceptors (Lipinski definition) is 4. The first-order valence-corrected chi connectivity index (χ1v) is 4.81. The number of likely N-dealkylation sites (N-methyl/N-ethyl adjacent to an activating group) is 1. The van der Waals surface area contributed by atoms with Crippen molar-refractivity contribution in [3.8, 4) is 6.07 Å². The third kappa shape index (κ3) is 2.45. The average molecular weight is 204 g/mol. The molecule has 80 valence electrons. The molecule has 0 aliphatic rings. The Morgan fingerprint density at radius 2 is 2.27 bits per heavy atom. The monoisotopic (exact) mass is 204 g/mol. The summed E-state index contributed by atoms with van der Waals surface area (Å²) in [7, 11) is 1.96. The first kappa shape index (κ1) is 11.5. The van der Waals surface area contributed by atoms with Crippen molar-refractivity contribution >= 4 is 5.69 Å². The van der Waals surface area contributed by atoms with E-state index >= 15 is 0 Å². The molecule has 1 aromatic heterocycles. The second-order valence-corrected chi connectivity index (χ2v) is 4.09. The van der Waals surface area contributed by atoms with Gasteiger partial charge in [0.2, 0.25) is 0 Å². The largest absolute Gasteiger partial charge is 0.368 e. The van der Waals surface area contributed by atoms with Crippen molar-refractivity contribution in [2.75, 3.05) is 18.5 Å². The molecule has 0 aliphatic heterocycles. The van der Waals surface area contributed by atoms with Crippen LogP contribution >= 0.6 is 0 Å². The number of hydrogen-bond donors (Lipinski definition) is 1. The molecule has 15 heavy (non-hydrogen) atoms. The predicted octanol–water partition coefficient (Wildman–Crippen LogP) is 1.13. The Balaban J connectivity index is 3.02. The first-order chi connectivity index (χ1) is 7.01. The summed E-state index contributed by atoms with van der Waals surface area (Å²) in [4.78, 5) is 5.98. The number of nitriles is 1. The molecule has 1 aromatic rings. The van der Waals surface area contributed by atoms with Crippen LogP contribution in [0, 0.1) is 11.3 Å². The Bertz CT molecular complexity index is 378. The lowest BCUT2D eigenvalue weighted by atomic mass is 10.0. The standard InChI is InChI=1S/C11H16N4/c1-11(2,8-13)15(3)10-4-5-14-9(6-10)7-12/h4-6H,8,13H2,1-3H3. The lowest BCUT2D eigenvalue weighted by Crippen LogP contribution is -2.47. The van der Waals surface area contributed by atoms with Gasteiger partial charge in [-0.2, -0.15) is 5.26 Å². The number of nitrogens with two attached hydrogens (primary N) is 1. The minimum atomic E-state index is -0.131.